The Kier molecular flexibility index (Phi) is 11.7. The molecular formula is C21H37ClIN5. The lowest BCUT2D eigenvalue weighted by molar-refractivity contribution is 0.279. The molecule has 0 atom stereocenters. The molecule has 1 saturated heterocycles. The van der Waals surface area contributed by atoms with E-state index in [1.807, 2.05) is 19.2 Å². The zero-order chi connectivity index (χ0) is 19.7. The molecule has 1 aliphatic heterocycles. The second-order valence-corrected chi connectivity index (χ2v) is 8.76. The molecular weight excluding hydrogens is 485 g/mol. The Morgan fingerprint density at radius 3 is 2.68 bits per heavy atom. The van der Waals surface area contributed by atoms with Crippen LogP contribution in [0.2, 0.25) is 5.02 Å². The summed E-state index contributed by atoms with van der Waals surface area (Å²) in [6, 6.07) is 8.13. The van der Waals surface area contributed by atoms with Gasteiger partial charge in [-0.2, -0.15) is 0 Å². The minimum absolute atomic E-state index is 0. The monoisotopic (exact) mass is 521 g/mol. The first kappa shape index (κ1) is 25.5. The van der Waals surface area contributed by atoms with E-state index in [0.29, 0.717) is 0 Å². The molecule has 160 valence electrons. The summed E-state index contributed by atoms with van der Waals surface area (Å²) in [7, 11) is 4.04. The molecule has 2 rings (SSSR count). The third-order valence-corrected chi connectivity index (χ3v) is 5.30. The van der Waals surface area contributed by atoms with E-state index in [-0.39, 0.29) is 29.4 Å². The number of benzene rings is 1. The van der Waals surface area contributed by atoms with Gasteiger partial charge in [-0.15, -0.1) is 24.0 Å². The highest BCUT2D eigenvalue weighted by atomic mass is 127. The Morgan fingerprint density at radius 2 is 1.96 bits per heavy atom. The zero-order valence-corrected chi connectivity index (χ0v) is 20.9. The minimum atomic E-state index is 0. The first-order valence-electron chi connectivity index (χ1n) is 9.98. The molecule has 5 nitrogen and oxygen atoms in total. The molecule has 1 aromatic rings. The van der Waals surface area contributed by atoms with E-state index in [0.717, 1.165) is 50.1 Å². The lowest BCUT2D eigenvalue weighted by Gasteiger charge is -2.27. The number of halogens is 2. The maximum absolute atomic E-state index is 6.11. The van der Waals surface area contributed by atoms with Crippen LogP contribution in [0, 0.1) is 5.41 Å². The van der Waals surface area contributed by atoms with E-state index in [9.17, 15) is 0 Å². The predicted octanol–water partition coefficient (Wildman–Crippen LogP) is 3.33. The highest BCUT2D eigenvalue weighted by Crippen LogP contribution is 2.22. The molecule has 28 heavy (non-hydrogen) atoms. The van der Waals surface area contributed by atoms with Gasteiger partial charge in [-0.25, -0.2) is 0 Å². The molecule has 7 heteroatoms. The van der Waals surface area contributed by atoms with E-state index in [4.69, 9.17) is 11.6 Å². The Hall–Kier alpha value is -0.570. The molecule has 1 aromatic carbocycles. The average molecular weight is 522 g/mol. The summed E-state index contributed by atoms with van der Waals surface area (Å²) in [6.45, 7) is 12.1. The number of hydrogen-bond donors (Lipinski definition) is 2. The topological polar surface area (TPSA) is 42.9 Å². The number of nitrogens with one attached hydrogen (secondary N) is 2. The van der Waals surface area contributed by atoms with E-state index < -0.39 is 0 Å². The molecule has 0 saturated carbocycles. The van der Waals surface area contributed by atoms with Crippen molar-refractivity contribution in [3.05, 3.63) is 34.9 Å². The van der Waals surface area contributed by atoms with Crippen molar-refractivity contribution in [2.24, 2.45) is 10.4 Å². The molecule has 0 amide bonds. The summed E-state index contributed by atoms with van der Waals surface area (Å²) < 4.78 is 0. The number of aliphatic imine (C=N–C) groups is 1. The van der Waals surface area contributed by atoms with Crippen molar-refractivity contribution in [1.29, 1.82) is 0 Å². The van der Waals surface area contributed by atoms with Crippen molar-refractivity contribution in [1.82, 2.24) is 20.4 Å². The molecule has 2 N–H and O–H groups in total. The van der Waals surface area contributed by atoms with Crippen LogP contribution in [0.5, 0.6) is 0 Å². The highest BCUT2D eigenvalue weighted by molar-refractivity contribution is 14.0. The Morgan fingerprint density at radius 1 is 1.18 bits per heavy atom. The predicted molar refractivity (Wildman–Crippen MR) is 132 cm³/mol. The number of hydrogen-bond acceptors (Lipinski definition) is 3. The first-order chi connectivity index (χ1) is 12.9. The summed E-state index contributed by atoms with van der Waals surface area (Å²) >= 11 is 6.11. The van der Waals surface area contributed by atoms with E-state index in [1.54, 1.807) is 0 Å². The Bertz CT molecular complexity index is 608. The normalized spacial score (nSPS) is 17.0. The van der Waals surface area contributed by atoms with Crippen LogP contribution in [0.25, 0.3) is 0 Å². The fourth-order valence-corrected chi connectivity index (χ4v) is 3.67. The Balaban J connectivity index is 0.00000392. The summed E-state index contributed by atoms with van der Waals surface area (Å²) in [5.41, 5.74) is 1.38. The fourth-order valence-electron chi connectivity index (χ4n) is 3.46. The summed E-state index contributed by atoms with van der Waals surface area (Å²) in [5.74, 6) is 0.876. The van der Waals surface area contributed by atoms with Gasteiger partial charge in [-0.1, -0.05) is 37.6 Å². The van der Waals surface area contributed by atoms with Gasteiger partial charge in [0.05, 0.1) is 0 Å². The quantitative estimate of drug-likeness (QED) is 0.328. The smallest absolute Gasteiger partial charge is 0.191 e. The van der Waals surface area contributed by atoms with Crippen LogP contribution >= 0.6 is 35.6 Å². The van der Waals surface area contributed by atoms with Crippen molar-refractivity contribution in [3.8, 4) is 0 Å². The lowest BCUT2D eigenvalue weighted by Crippen LogP contribution is -2.45. The van der Waals surface area contributed by atoms with Crippen molar-refractivity contribution in [3.63, 3.8) is 0 Å². The second-order valence-electron chi connectivity index (χ2n) is 8.32. The van der Waals surface area contributed by atoms with Crippen molar-refractivity contribution < 1.29 is 0 Å². The van der Waals surface area contributed by atoms with E-state index in [2.05, 4.69) is 58.5 Å². The molecule has 1 aliphatic rings. The number of likely N-dealkylation sites (N-methyl/N-ethyl adjacent to an activating group) is 1. The lowest BCUT2D eigenvalue weighted by atomic mass is 9.86. The minimum Gasteiger partial charge on any atom is -0.356 e. The van der Waals surface area contributed by atoms with Crippen LogP contribution in [-0.4, -0.2) is 75.7 Å². The zero-order valence-electron chi connectivity index (χ0n) is 17.8. The molecule has 0 aliphatic carbocycles. The van der Waals surface area contributed by atoms with Crippen LogP contribution in [-0.2, 0) is 6.42 Å². The van der Waals surface area contributed by atoms with Gasteiger partial charge in [-0.3, -0.25) is 4.99 Å². The maximum atomic E-state index is 6.11. The van der Waals surface area contributed by atoms with Crippen LogP contribution in [0.3, 0.4) is 0 Å². The van der Waals surface area contributed by atoms with Crippen molar-refractivity contribution >= 4 is 41.5 Å². The van der Waals surface area contributed by atoms with Gasteiger partial charge >= 0.3 is 0 Å². The summed E-state index contributed by atoms with van der Waals surface area (Å²) in [6.07, 6.45) is 2.22. The van der Waals surface area contributed by atoms with E-state index >= 15 is 0 Å². The van der Waals surface area contributed by atoms with Crippen LogP contribution in [0.4, 0.5) is 0 Å². The molecule has 1 fully saturated rings. The van der Waals surface area contributed by atoms with Gasteiger partial charge in [0, 0.05) is 44.8 Å². The highest BCUT2D eigenvalue weighted by Gasteiger charge is 2.19. The Labute approximate surface area is 193 Å². The van der Waals surface area contributed by atoms with Gasteiger partial charge in [0.25, 0.3) is 0 Å². The average Bonchev–Trinajstić information content (AvgIpc) is 2.82. The molecule has 1 heterocycles. The number of rotatable bonds is 7. The van der Waals surface area contributed by atoms with Crippen molar-refractivity contribution in [2.45, 2.75) is 26.7 Å². The van der Waals surface area contributed by atoms with Gasteiger partial charge in [-0.05, 0) is 56.1 Å². The summed E-state index contributed by atoms with van der Waals surface area (Å²) in [5, 5.41) is 7.74. The standard InChI is InChI=1S/C21H36ClN5.HI/c1-21(2,16-18-7-5-8-19(22)15-18)17-25-20(23-3)24-9-12-27-11-6-10-26(4)13-14-27;/h5,7-8,15H,6,9-14,16-17H2,1-4H3,(H2,23,24,25);1H. The van der Waals surface area contributed by atoms with Crippen molar-refractivity contribution in [2.75, 3.05) is 59.9 Å². The second kappa shape index (κ2) is 12.9. The molecule has 0 spiro atoms. The maximum Gasteiger partial charge on any atom is 0.191 e. The van der Waals surface area contributed by atoms with Crippen LogP contribution in [0.15, 0.2) is 29.3 Å². The SMILES string of the molecule is CN=C(NCCN1CCCN(C)CC1)NCC(C)(C)Cc1cccc(Cl)c1.I. The third-order valence-electron chi connectivity index (χ3n) is 5.06. The molecule has 0 bridgehead atoms. The summed E-state index contributed by atoms with van der Waals surface area (Å²) in [4.78, 5) is 9.32. The van der Waals surface area contributed by atoms with Crippen LogP contribution < -0.4 is 10.6 Å². The van der Waals surface area contributed by atoms with Gasteiger partial charge < -0.3 is 20.4 Å². The third kappa shape index (κ3) is 9.76. The number of nitrogens with zero attached hydrogens (tertiary/aromatic N) is 3. The fraction of sp³-hybridized carbons (Fsp3) is 0.667. The first-order valence-corrected chi connectivity index (χ1v) is 10.4. The van der Waals surface area contributed by atoms with Gasteiger partial charge in [0.2, 0.25) is 0 Å². The van der Waals surface area contributed by atoms with E-state index in [1.165, 1.54) is 25.1 Å². The molecule has 0 aromatic heterocycles. The molecule has 0 radical (unpaired) electrons. The largest absolute Gasteiger partial charge is 0.356 e. The van der Waals surface area contributed by atoms with Crippen LogP contribution in [0.1, 0.15) is 25.8 Å². The van der Waals surface area contributed by atoms with Gasteiger partial charge in [0.15, 0.2) is 5.96 Å². The number of guanidine groups is 1. The molecule has 0 unspecified atom stereocenters. The van der Waals surface area contributed by atoms with Gasteiger partial charge in [0.1, 0.15) is 0 Å².